The fourth-order valence-electron chi connectivity index (χ4n) is 8.54. The number of nitrogens with zero attached hydrogens (tertiary/aromatic N) is 3. The van der Waals surface area contributed by atoms with Crippen molar-refractivity contribution in [1.29, 1.82) is 0 Å². The predicted molar refractivity (Wildman–Crippen MR) is 209 cm³/mol. The molecule has 0 saturated carbocycles. The topological polar surface area (TPSA) is 33.7 Å². The van der Waals surface area contributed by atoms with E-state index >= 15 is 0 Å². The summed E-state index contributed by atoms with van der Waals surface area (Å²) in [6.45, 7) is 0. The molecular weight excluding hydrogens is 617 g/mol. The largest absolute Gasteiger partial charge is 0.370 e. The van der Waals surface area contributed by atoms with Crippen LogP contribution in [0.5, 0.6) is 0 Å². The van der Waals surface area contributed by atoms with Crippen molar-refractivity contribution in [1.82, 2.24) is 8.97 Å². The predicted octanol–water partition coefficient (Wildman–Crippen LogP) is 11.8. The Balaban J connectivity index is 1.12. The number of allylic oxidation sites excluding steroid dienone is 2. The van der Waals surface area contributed by atoms with E-state index in [1.807, 2.05) is 11.3 Å². The Morgan fingerprint density at radius 1 is 0.592 bits per heavy atom. The Labute approximate surface area is 284 Å². The monoisotopic (exact) mass is 642 g/mol. The molecule has 0 radical (unpaired) electrons. The molecule has 0 saturated heterocycles. The number of para-hydroxylation sites is 3. The van der Waals surface area contributed by atoms with Gasteiger partial charge in [-0.25, -0.2) is 4.99 Å². The van der Waals surface area contributed by atoms with Crippen LogP contribution in [0.25, 0.3) is 86.0 Å². The van der Waals surface area contributed by atoms with Crippen molar-refractivity contribution in [3.8, 4) is 16.8 Å². The number of hydrogen-bond acceptors (Lipinski definition) is 3. The summed E-state index contributed by atoms with van der Waals surface area (Å²) in [5.41, 5.74) is 10.7. The molecule has 0 fully saturated rings. The second-order valence-corrected chi connectivity index (χ2v) is 14.3. The van der Waals surface area contributed by atoms with Crippen molar-refractivity contribution >= 4 is 97.7 Å². The van der Waals surface area contributed by atoms with Crippen LogP contribution in [0.3, 0.4) is 0 Å². The highest BCUT2D eigenvalue weighted by Crippen LogP contribution is 2.52. The first kappa shape index (κ1) is 25.9. The first-order valence-corrected chi connectivity index (χ1v) is 17.6. The molecule has 1 aliphatic carbocycles. The Kier molecular flexibility index (Phi) is 4.88. The molecule has 0 amide bonds. The molecule has 228 valence electrons. The molecule has 0 spiro atoms. The van der Waals surface area contributed by atoms with Crippen LogP contribution in [0.4, 0.5) is 11.5 Å². The van der Waals surface area contributed by atoms with Gasteiger partial charge in [0.2, 0.25) is 0 Å². The molecule has 4 nitrogen and oxygen atoms in total. The smallest absolute Gasteiger partial charge is 0.162 e. The number of aromatic nitrogens is 2. The molecule has 2 aliphatic rings. The second kappa shape index (κ2) is 9.25. The number of benzene rings is 6. The lowest BCUT2D eigenvalue weighted by Gasteiger charge is -2.23. The third kappa shape index (κ3) is 3.35. The van der Waals surface area contributed by atoms with Gasteiger partial charge in [-0.15, -0.1) is 11.3 Å². The van der Waals surface area contributed by atoms with Gasteiger partial charge < -0.3 is 9.88 Å². The van der Waals surface area contributed by atoms with Gasteiger partial charge in [0.25, 0.3) is 0 Å². The Bertz CT molecular complexity index is 3130. The van der Waals surface area contributed by atoms with Crippen LogP contribution in [0.15, 0.2) is 151 Å². The van der Waals surface area contributed by atoms with E-state index in [0.29, 0.717) is 0 Å². The van der Waals surface area contributed by atoms with Gasteiger partial charge >= 0.3 is 0 Å². The number of anilines is 1. The van der Waals surface area contributed by atoms with E-state index in [9.17, 15) is 0 Å². The molecule has 5 heterocycles. The van der Waals surface area contributed by atoms with E-state index < -0.39 is 0 Å². The molecular formula is C44H26N4S. The van der Waals surface area contributed by atoms with E-state index in [1.54, 1.807) is 0 Å². The van der Waals surface area contributed by atoms with Gasteiger partial charge in [0, 0.05) is 52.8 Å². The fraction of sp³-hybridized carbons (Fsp3) is 0.0227. The molecule has 1 atom stereocenters. The Morgan fingerprint density at radius 3 is 2.24 bits per heavy atom. The first-order valence-electron chi connectivity index (χ1n) is 16.8. The van der Waals surface area contributed by atoms with E-state index in [1.165, 1.54) is 86.0 Å². The quantitative estimate of drug-likeness (QED) is 0.200. The maximum Gasteiger partial charge on any atom is 0.162 e. The van der Waals surface area contributed by atoms with Gasteiger partial charge in [-0.2, -0.15) is 0 Å². The summed E-state index contributed by atoms with van der Waals surface area (Å²) >= 11 is 1.89. The van der Waals surface area contributed by atoms with Crippen LogP contribution >= 0.6 is 11.3 Å². The van der Waals surface area contributed by atoms with Gasteiger partial charge in [-0.3, -0.25) is 4.40 Å². The number of hydrogen-bond donors (Lipinski definition) is 1. The van der Waals surface area contributed by atoms with E-state index in [0.717, 1.165) is 17.2 Å². The van der Waals surface area contributed by atoms with Crippen LogP contribution < -0.4 is 5.32 Å². The normalized spacial score (nSPS) is 15.7. The standard InChI is InChI=1S/C44H26N4S/c1-2-10-27(11-3-1)47-35-16-8-4-12-28(35)30-22-25(18-20-37(30)47)26-19-21-38-31(23-26)40-39(49-38)24-32-42-44(46-34-15-7-6-14-33(34)45-42)48-36-17-9-5-13-29(36)41(40)43(32)48/h1-24,33,45H. The van der Waals surface area contributed by atoms with Gasteiger partial charge in [-0.1, -0.05) is 85.0 Å². The minimum atomic E-state index is 0.0920. The van der Waals surface area contributed by atoms with Crippen molar-refractivity contribution < 1.29 is 0 Å². The second-order valence-electron chi connectivity index (χ2n) is 13.2. The fourth-order valence-corrected chi connectivity index (χ4v) is 9.67. The zero-order valence-corrected chi connectivity index (χ0v) is 27.0. The summed E-state index contributed by atoms with van der Waals surface area (Å²) in [5, 5.41) is 12.9. The lowest BCUT2D eigenvalue weighted by Crippen LogP contribution is -2.29. The molecule has 5 heteroatoms. The number of rotatable bonds is 2. The zero-order valence-electron chi connectivity index (χ0n) is 26.2. The molecule has 4 aromatic heterocycles. The van der Waals surface area contributed by atoms with E-state index in [2.05, 4.69) is 160 Å². The third-order valence-corrected chi connectivity index (χ3v) is 11.7. The minimum Gasteiger partial charge on any atom is -0.370 e. The summed E-state index contributed by atoms with van der Waals surface area (Å²) in [6, 6.07) is 44.7. The van der Waals surface area contributed by atoms with Crippen LogP contribution in [0, 0.1) is 0 Å². The van der Waals surface area contributed by atoms with E-state index in [4.69, 9.17) is 4.99 Å². The summed E-state index contributed by atoms with van der Waals surface area (Å²) < 4.78 is 7.39. The SMILES string of the molecule is C1=CC2=Nc3c(c4cc5sc6ccc(-c7ccc8c(c7)c7ccccc7n8-c7ccccc7)cc6c5c5c6ccccc6n3c45)NC2C=C1. The molecule has 1 N–H and O–H groups in total. The number of nitrogens with one attached hydrogen (secondary N) is 1. The van der Waals surface area contributed by atoms with Crippen molar-refractivity contribution in [2.75, 3.05) is 5.32 Å². The lowest BCUT2D eigenvalue weighted by molar-refractivity contribution is 1.11. The highest BCUT2D eigenvalue weighted by atomic mass is 32.1. The van der Waals surface area contributed by atoms with Gasteiger partial charge in [0.1, 0.15) is 0 Å². The van der Waals surface area contributed by atoms with Crippen LogP contribution in [-0.2, 0) is 0 Å². The average Bonchev–Trinajstić information content (AvgIpc) is 3.88. The minimum absolute atomic E-state index is 0.0920. The zero-order chi connectivity index (χ0) is 31.8. The van der Waals surface area contributed by atoms with Crippen LogP contribution in [0.2, 0.25) is 0 Å². The van der Waals surface area contributed by atoms with Gasteiger partial charge in [0.05, 0.1) is 39.5 Å². The van der Waals surface area contributed by atoms with Crippen molar-refractivity contribution in [2.24, 2.45) is 4.99 Å². The van der Waals surface area contributed by atoms with Crippen LogP contribution in [0.1, 0.15) is 0 Å². The lowest BCUT2D eigenvalue weighted by atomic mass is 9.98. The van der Waals surface area contributed by atoms with Crippen molar-refractivity contribution in [3.05, 3.63) is 146 Å². The molecule has 6 aromatic carbocycles. The number of fused-ring (bicyclic) bond motifs is 14. The Hall–Kier alpha value is -6.17. The molecule has 49 heavy (non-hydrogen) atoms. The highest BCUT2D eigenvalue weighted by Gasteiger charge is 2.30. The molecule has 0 bridgehead atoms. The van der Waals surface area contributed by atoms with Gasteiger partial charge in [0.15, 0.2) is 5.82 Å². The summed E-state index contributed by atoms with van der Waals surface area (Å²) in [4.78, 5) is 5.25. The maximum atomic E-state index is 5.25. The van der Waals surface area contributed by atoms with Crippen molar-refractivity contribution in [2.45, 2.75) is 6.04 Å². The number of thiophene rings is 1. The molecule has 1 aliphatic heterocycles. The van der Waals surface area contributed by atoms with E-state index in [-0.39, 0.29) is 6.04 Å². The third-order valence-electron chi connectivity index (χ3n) is 10.6. The summed E-state index contributed by atoms with van der Waals surface area (Å²) in [7, 11) is 0. The average molecular weight is 643 g/mol. The molecule has 10 aromatic rings. The number of aliphatic imine (C=N–C) groups is 1. The first-order chi connectivity index (χ1) is 24.3. The summed E-state index contributed by atoms with van der Waals surface area (Å²) in [6.07, 6.45) is 8.50. The molecule has 12 rings (SSSR count). The summed E-state index contributed by atoms with van der Waals surface area (Å²) in [5.74, 6) is 0.998. The Morgan fingerprint density at radius 2 is 1.35 bits per heavy atom. The maximum absolute atomic E-state index is 5.25. The van der Waals surface area contributed by atoms with Gasteiger partial charge in [-0.05, 0) is 71.8 Å². The highest BCUT2D eigenvalue weighted by molar-refractivity contribution is 7.26. The van der Waals surface area contributed by atoms with Crippen LogP contribution in [-0.4, -0.2) is 20.7 Å². The molecule has 1 unspecified atom stereocenters. The van der Waals surface area contributed by atoms with Crippen molar-refractivity contribution in [3.63, 3.8) is 0 Å².